The van der Waals surface area contributed by atoms with Gasteiger partial charge < -0.3 is 34.3 Å². The molecule has 0 aliphatic carbocycles. The first-order valence-corrected chi connectivity index (χ1v) is 11.3. The Kier molecular flexibility index (Phi) is 8.99. The smallest absolute Gasteiger partial charge is 0.265 e. The van der Waals surface area contributed by atoms with Crippen LogP contribution in [0, 0.1) is 0 Å². The molecule has 0 saturated carbocycles. The van der Waals surface area contributed by atoms with Crippen LogP contribution in [0.2, 0.25) is 0 Å². The number of para-hydroxylation sites is 1. The molecule has 0 fully saturated rings. The molecule has 3 aromatic carbocycles. The average molecular weight is 495 g/mol. The molecule has 2 N–H and O–H groups in total. The number of nitrogens with one attached hydrogen (secondary N) is 2. The van der Waals surface area contributed by atoms with E-state index in [4.69, 9.17) is 23.7 Å². The molecule has 0 aliphatic heterocycles. The van der Waals surface area contributed by atoms with Crippen LogP contribution in [0.15, 0.2) is 60.7 Å². The fourth-order valence-corrected chi connectivity index (χ4v) is 3.40. The van der Waals surface area contributed by atoms with E-state index in [1.807, 2.05) is 6.92 Å². The Bertz CT molecular complexity index is 1170. The maximum absolute atomic E-state index is 13.1. The van der Waals surface area contributed by atoms with E-state index in [-0.39, 0.29) is 17.2 Å². The normalized spacial score (nSPS) is 11.1. The minimum absolute atomic E-state index is 0.256. The van der Waals surface area contributed by atoms with Gasteiger partial charge in [0.1, 0.15) is 11.5 Å². The molecule has 0 aliphatic rings. The van der Waals surface area contributed by atoms with E-state index in [1.54, 1.807) is 67.6 Å². The average Bonchev–Trinajstić information content (AvgIpc) is 2.89. The zero-order valence-corrected chi connectivity index (χ0v) is 20.9. The summed E-state index contributed by atoms with van der Waals surface area (Å²) in [5.41, 5.74) is 1.30. The number of benzene rings is 3. The molecule has 190 valence electrons. The second-order valence-electron chi connectivity index (χ2n) is 7.57. The van der Waals surface area contributed by atoms with Crippen molar-refractivity contribution in [2.75, 3.05) is 38.6 Å². The molecule has 0 saturated heterocycles. The van der Waals surface area contributed by atoms with E-state index in [1.165, 1.54) is 21.3 Å². The van der Waals surface area contributed by atoms with Crippen molar-refractivity contribution in [1.82, 2.24) is 0 Å². The van der Waals surface area contributed by atoms with Crippen LogP contribution in [0.4, 0.5) is 11.4 Å². The monoisotopic (exact) mass is 494 g/mol. The summed E-state index contributed by atoms with van der Waals surface area (Å²) in [6.07, 6.45) is -0.869. The molecule has 0 heterocycles. The van der Waals surface area contributed by atoms with Gasteiger partial charge in [-0.3, -0.25) is 9.59 Å². The van der Waals surface area contributed by atoms with Crippen molar-refractivity contribution in [2.45, 2.75) is 20.0 Å². The van der Waals surface area contributed by atoms with Gasteiger partial charge in [-0.2, -0.15) is 0 Å². The lowest BCUT2D eigenvalue weighted by Crippen LogP contribution is -2.30. The Morgan fingerprint density at radius 1 is 0.806 bits per heavy atom. The molecule has 0 radical (unpaired) electrons. The molecular weight excluding hydrogens is 464 g/mol. The van der Waals surface area contributed by atoms with Gasteiger partial charge in [0.2, 0.25) is 5.75 Å². The fourth-order valence-electron chi connectivity index (χ4n) is 3.40. The Balaban J connectivity index is 1.72. The third-order valence-corrected chi connectivity index (χ3v) is 5.16. The largest absolute Gasteiger partial charge is 0.494 e. The van der Waals surface area contributed by atoms with Gasteiger partial charge in [0.25, 0.3) is 11.8 Å². The highest BCUT2D eigenvalue weighted by molar-refractivity contribution is 6.06. The lowest BCUT2D eigenvalue weighted by molar-refractivity contribution is -0.122. The summed E-state index contributed by atoms with van der Waals surface area (Å²) in [5.74, 6) is 1.39. The van der Waals surface area contributed by atoms with Crippen molar-refractivity contribution >= 4 is 23.2 Å². The van der Waals surface area contributed by atoms with E-state index in [0.717, 1.165) is 0 Å². The maximum Gasteiger partial charge on any atom is 0.265 e. The number of carbonyl (C=O) groups excluding carboxylic acids is 2. The van der Waals surface area contributed by atoms with Gasteiger partial charge in [-0.15, -0.1) is 0 Å². The van der Waals surface area contributed by atoms with Crippen molar-refractivity contribution in [3.05, 3.63) is 66.2 Å². The molecule has 0 spiro atoms. The van der Waals surface area contributed by atoms with Crippen LogP contribution < -0.4 is 34.3 Å². The third kappa shape index (κ3) is 6.38. The van der Waals surface area contributed by atoms with Crippen LogP contribution in [-0.4, -0.2) is 45.9 Å². The number of amides is 2. The van der Waals surface area contributed by atoms with Gasteiger partial charge in [-0.1, -0.05) is 12.1 Å². The Morgan fingerprint density at radius 2 is 1.44 bits per heavy atom. The third-order valence-electron chi connectivity index (χ3n) is 5.16. The van der Waals surface area contributed by atoms with Crippen molar-refractivity contribution in [2.24, 2.45) is 0 Å². The molecule has 3 rings (SSSR count). The highest BCUT2D eigenvalue weighted by Crippen LogP contribution is 2.40. The summed E-state index contributed by atoms with van der Waals surface area (Å²) in [4.78, 5) is 25.8. The topological polar surface area (TPSA) is 104 Å². The molecular formula is C27H30N2O7. The predicted octanol–water partition coefficient (Wildman–Crippen LogP) is 4.77. The summed E-state index contributed by atoms with van der Waals surface area (Å²) in [5, 5.41) is 5.61. The van der Waals surface area contributed by atoms with E-state index in [0.29, 0.717) is 41.0 Å². The number of rotatable bonds is 11. The molecule has 9 nitrogen and oxygen atoms in total. The molecule has 1 atom stereocenters. The van der Waals surface area contributed by atoms with E-state index >= 15 is 0 Å². The van der Waals surface area contributed by atoms with Crippen molar-refractivity contribution in [3.8, 4) is 28.7 Å². The van der Waals surface area contributed by atoms with Gasteiger partial charge in [0, 0.05) is 23.5 Å². The highest BCUT2D eigenvalue weighted by Gasteiger charge is 2.20. The Hall–Kier alpha value is -4.40. The van der Waals surface area contributed by atoms with Crippen LogP contribution in [-0.2, 0) is 4.79 Å². The summed E-state index contributed by atoms with van der Waals surface area (Å²) in [6.45, 7) is 4.07. The quantitative estimate of drug-likeness (QED) is 0.396. The number of hydrogen-bond acceptors (Lipinski definition) is 7. The molecule has 2 amide bonds. The lowest BCUT2D eigenvalue weighted by Gasteiger charge is -2.18. The zero-order chi connectivity index (χ0) is 26.1. The Labute approximate surface area is 210 Å². The number of carbonyl (C=O) groups is 2. The van der Waals surface area contributed by atoms with Crippen LogP contribution >= 0.6 is 0 Å². The van der Waals surface area contributed by atoms with Gasteiger partial charge in [0.05, 0.1) is 33.5 Å². The summed E-state index contributed by atoms with van der Waals surface area (Å²) >= 11 is 0. The van der Waals surface area contributed by atoms with Gasteiger partial charge in [-0.05, 0) is 50.2 Å². The summed E-state index contributed by atoms with van der Waals surface area (Å²) in [6, 6.07) is 16.9. The second-order valence-corrected chi connectivity index (χ2v) is 7.57. The minimum atomic E-state index is -0.869. The van der Waals surface area contributed by atoms with Gasteiger partial charge in [-0.25, -0.2) is 0 Å². The molecule has 0 aromatic heterocycles. The standard InChI is InChI=1S/C27H30N2O7/c1-6-35-20-13-11-18(12-14-20)28-26(30)17(2)36-22-10-8-7-9-21(22)27(31)29-19-15-23(32-3)25(34-5)24(16-19)33-4/h7-17H,6H2,1-5H3,(H,28,30)(H,29,31)/t17-/m1/s1. The summed E-state index contributed by atoms with van der Waals surface area (Å²) < 4.78 is 27.3. The van der Waals surface area contributed by atoms with E-state index in [2.05, 4.69) is 10.6 Å². The minimum Gasteiger partial charge on any atom is -0.494 e. The summed E-state index contributed by atoms with van der Waals surface area (Å²) in [7, 11) is 4.48. The van der Waals surface area contributed by atoms with Crippen molar-refractivity contribution in [3.63, 3.8) is 0 Å². The van der Waals surface area contributed by atoms with Gasteiger partial charge in [0.15, 0.2) is 17.6 Å². The fraction of sp³-hybridized carbons (Fsp3) is 0.259. The van der Waals surface area contributed by atoms with E-state index in [9.17, 15) is 9.59 Å². The number of anilines is 2. The highest BCUT2D eigenvalue weighted by atomic mass is 16.5. The van der Waals surface area contributed by atoms with Crippen LogP contribution in [0.3, 0.4) is 0 Å². The molecule has 36 heavy (non-hydrogen) atoms. The van der Waals surface area contributed by atoms with Gasteiger partial charge >= 0.3 is 0 Å². The number of ether oxygens (including phenoxy) is 5. The maximum atomic E-state index is 13.1. The lowest BCUT2D eigenvalue weighted by atomic mass is 10.1. The number of methoxy groups -OCH3 is 3. The van der Waals surface area contributed by atoms with Crippen molar-refractivity contribution in [1.29, 1.82) is 0 Å². The van der Waals surface area contributed by atoms with Crippen LogP contribution in [0.5, 0.6) is 28.7 Å². The van der Waals surface area contributed by atoms with E-state index < -0.39 is 12.0 Å². The Morgan fingerprint density at radius 3 is 2.03 bits per heavy atom. The van der Waals surface area contributed by atoms with Crippen LogP contribution in [0.25, 0.3) is 0 Å². The number of hydrogen-bond donors (Lipinski definition) is 2. The van der Waals surface area contributed by atoms with Crippen LogP contribution in [0.1, 0.15) is 24.2 Å². The second kappa shape index (κ2) is 12.3. The molecule has 0 unspecified atom stereocenters. The molecule has 3 aromatic rings. The molecule has 9 heteroatoms. The first kappa shape index (κ1) is 26.2. The van der Waals surface area contributed by atoms with Crippen molar-refractivity contribution < 1.29 is 33.3 Å². The molecule has 0 bridgehead atoms. The first-order valence-electron chi connectivity index (χ1n) is 11.3. The predicted molar refractivity (Wildman–Crippen MR) is 137 cm³/mol. The zero-order valence-electron chi connectivity index (χ0n) is 20.9. The first-order chi connectivity index (χ1) is 17.4. The SMILES string of the molecule is CCOc1ccc(NC(=O)[C@@H](C)Oc2ccccc2C(=O)Nc2cc(OC)c(OC)c(OC)c2)cc1.